The predicted octanol–water partition coefficient (Wildman–Crippen LogP) is 1.39. The molecule has 1 aliphatic heterocycles. The fourth-order valence-electron chi connectivity index (χ4n) is 3.15. The van der Waals surface area contributed by atoms with Gasteiger partial charge in [-0.2, -0.15) is 11.8 Å². The first kappa shape index (κ1) is 20.9. The number of thioether (sulfide) groups is 1. The number of aliphatic imine (C=N–C) groups is 1. The molecule has 3 rings (SSSR count). The molecule has 10 heteroatoms. The highest BCUT2D eigenvalue weighted by molar-refractivity contribution is 7.99. The van der Waals surface area contributed by atoms with Crippen LogP contribution >= 0.6 is 11.8 Å². The number of hydrogen-bond acceptors (Lipinski definition) is 4. The lowest BCUT2D eigenvalue weighted by Crippen LogP contribution is -2.44. The molecule has 0 atom stereocenters. The molecular formula is C18H26FN5O2S2. The van der Waals surface area contributed by atoms with Crippen molar-refractivity contribution in [2.45, 2.75) is 6.42 Å². The molecule has 2 heterocycles. The van der Waals surface area contributed by atoms with Crippen LogP contribution in [0.1, 0.15) is 5.56 Å². The minimum Gasteiger partial charge on any atom is -0.361 e. The summed E-state index contributed by atoms with van der Waals surface area (Å²) < 4.78 is 39.7. The molecular weight excluding hydrogens is 401 g/mol. The van der Waals surface area contributed by atoms with Crippen molar-refractivity contribution < 1.29 is 12.8 Å². The first-order valence-electron chi connectivity index (χ1n) is 9.25. The average molecular weight is 428 g/mol. The fourth-order valence-corrected chi connectivity index (χ4v) is 5.64. The molecule has 28 heavy (non-hydrogen) atoms. The lowest BCUT2D eigenvalue weighted by molar-refractivity contribution is 0.443. The zero-order valence-corrected chi connectivity index (χ0v) is 17.5. The zero-order chi connectivity index (χ0) is 20.0. The van der Waals surface area contributed by atoms with Crippen LogP contribution in [0.4, 0.5) is 4.39 Å². The van der Waals surface area contributed by atoms with Crippen molar-refractivity contribution in [3.8, 4) is 0 Å². The van der Waals surface area contributed by atoms with Crippen molar-refractivity contribution in [1.29, 1.82) is 0 Å². The van der Waals surface area contributed by atoms with Crippen LogP contribution in [0.15, 0.2) is 29.4 Å². The van der Waals surface area contributed by atoms with Crippen molar-refractivity contribution in [3.63, 3.8) is 0 Å². The molecule has 0 unspecified atom stereocenters. The quantitative estimate of drug-likeness (QED) is 0.459. The van der Waals surface area contributed by atoms with Gasteiger partial charge in [-0.3, -0.25) is 4.99 Å². The van der Waals surface area contributed by atoms with Crippen molar-refractivity contribution in [1.82, 2.24) is 19.9 Å². The number of nitrogens with zero attached hydrogens (tertiary/aromatic N) is 2. The number of guanidine groups is 1. The maximum Gasteiger partial charge on any atom is 0.215 e. The van der Waals surface area contributed by atoms with Crippen LogP contribution in [0.3, 0.4) is 0 Å². The van der Waals surface area contributed by atoms with Crippen molar-refractivity contribution in [2.24, 2.45) is 4.99 Å². The topological polar surface area (TPSA) is 89.6 Å². The van der Waals surface area contributed by atoms with Crippen LogP contribution < -0.4 is 10.6 Å². The molecule has 1 aromatic heterocycles. The highest BCUT2D eigenvalue weighted by Crippen LogP contribution is 2.19. The third-order valence-corrected chi connectivity index (χ3v) is 7.47. The summed E-state index contributed by atoms with van der Waals surface area (Å²) in [5, 5.41) is 7.09. The Morgan fingerprint density at radius 3 is 2.79 bits per heavy atom. The lowest BCUT2D eigenvalue weighted by Gasteiger charge is -2.25. The second kappa shape index (κ2) is 9.62. The first-order valence-corrected chi connectivity index (χ1v) is 12.0. The number of H-pyrrole nitrogens is 1. The normalized spacial score (nSPS) is 16.4. The van der Waals surface area contributed by atoms with Crippen molar-refractivity contribution in [2.75, 3.05) is 50.5 Å². The minimum absolute atomic E-state index is 0.0418. The Bertz CT molecular complexity index is 923. The van der Waals surface area contributed by atoms with Crippen LogP contribution in [0, 0.1) is 5.82 Å². The fraction of sp³-hybridized carbons (Fsp3) is 0.500. The van der Waals surface area contributed by atoms with Gasteiger partial charge < -0.3 is 15.6 Å². The maximum atomic E-state index is 13.5. The van der Waals surface area contributed by atoms with Gasteiger partial charge in [0.05, 0.1) is 5.75 Å². The van der Waals surface area contributed by atoms with E-state index in [1.54, 1.807) is 29.2 Å². The largest absolute Gasteiger partial charge is 0.361 e. The van der Waals surface area contributed by atoms with Gasteiger partial charge in [0.25, 0.3) is 0 Å². The number of halogens is 1. The van der Waals surface area contributed by atoms with Crippen molar-refractivity contribution >= 4 is 38.6 Å². The summed E-state index contributed by atoms with van der Waals surface area (Å²) in [6.45, 7) is 2.07. The van der Waals surface area contributed by atoms with Crippen LogP contribution in [0.25, 0.3) is 10.9 Å². The number of aromatic nitrogens is 1. The Hall–Kier alpha value is -1.78. The molecule has 1 aromatic carbocycles. The second-order valence-electron chi connectivity index (χ2n) is 6.51. The molecule has 2 aromatic rings. The number of nitrogens with one attached hydrogen (secondary N) is 3. The standard InChI is InChI=1S/C18H26FN5O2S2/c1-20-18(22-6-11-28(25,26)24-7-9-27-10-8-24)21-5-4-14-13-23-17-3-2-15(19)12-16(14)17/h2-3,12-13,23H,4-11H2,1H3,(H2,20,21,22). The summed E-state index contributed by atoms with van der Waals surface area (Å²) in [6, 6.07) is 4.69. The minimum atomic E-state index is -3.24. The molecule has 0 aliphatic carbocycles. The Morgan fingerprint density at radius 1 is 1.29 bits per heavy atom. The highest BCUT2D eigenvalue weighted by Gasteiger charge is 2.23. The van der Waals surface area contributed by atoms with E-state index in [-0.39, 0.29) is 11.6 Å². The van der Waals surface area contributed by atoms with Crippen LogP contribution in [0.2, 0.25) is 0 Å². The van der Waals surface area contributed by atoms with E-state index < -0.39 is 10.0 Å². The van der Waals surface area contributed by atoms with Gasteiger partial charge >= 0.3 is 0 Å². The number of sulfonamides is 1. The third-order valence-electron chi connectivity index (χ3n) is 4.66. The molecule has 0 spiro atoms. The smallest absolute Gasteiger partial charge is 0.215 e. The number of rotatable bonds is 7. The average Bonchev–Trinajstić information content (AvgIpc) is 3.09. The molecule has 3 N–H and O–H groups in total. The van der Waals surface area contributed by atoms with Gasteiger partial charge in [-0.1, -0.05) is 0 Å². The van der Waals surface area contributed by atoms with Gasteiger partial charge in [-0.05, 0) is 30.2 Å². The lowest BCUT2D eigenvalue weighted by atomic mass is 10.1. The molecule has 1 aliphatic rings. The van der Waals surface area contributed by atoms with Gasteiger partial charge in [0.2, 0.25) is 10.0 Å². The molecule has 154 valence electrons. The Kier molecular flexibility index (Phi) is 7.19. The number of aromatic amines is 1. The van der Waals surface area contributed by atoms with E-state index in [4.69, 9.17) is 0 Å². The molecule has 0 saturated carbocycles. The predicted molar refractivity (Wildman–Crippen MR) is 114 cm³/mol. The number of benzene rings is 1. The summed E-state index contributed by atoms with van der Waals surface area (Å²) >= 11 is 1.78. The molecule has 0 bridgehead atoms. The Morgan fingerprint density at radius 2 is 2.04 bits per heavy atom. The highest BCUT2D eigenvalue weighted by atomic mass is 32.2. The van der Waals surface area contributed by atoms with Gasteiger partial charge in [0, 0.05) is 61.8 Å². The number of hydrogen-bond donors (Lipinski definition) is 3. The van der Waals surface area contributed by atoms with E-state index >= 15 is 0 Å². The Balaban J connectivity index is 1.45. The maximum absolute atomic E-state index is 13.5. The van der Waals surface area contributed by atoms with E-state index in [2.05, 4.69) is 20.6 Å². The van der Waals surface area contributed by atoms with E-state index in [0.29, 0.717) is 38.6 Å². The van der Waals surface area contributed by atoms with Crippen LogP contribution in [0.5, 0.6) is 0 Å². The van der Waals surface area contributed by atoms with E-state index in [1.807, 2.05) is 6.20 Å². The van der Waals surface area contributed by atoms with Gasteiger partial charge in [0.1, 0.15) is 5.82 Å². The summed E-state index contributed by atoms with van der Waals surface area (Å²) in [4.78, 5) is 7.27. The van der Waals surface area contributed by atoms with E-state index in [0.717, 1.165) is 28.0 Å². The second-order valence-corrected chi connectivity index (χ2v) is 9.82. The molecule has 7 nitrogen and oxygen atoms in total. The van der Waals surface area contributed by atoms with Crippen LogP contribution in [-0.4, -0.2) is 74.2 Å². The SMILES string of the molecule is CN=C(NCCc1c[nH]c2ccc(F)cc12)NCCS(=O)(=O)N1CCSCC1. The molecule has 1 saturated heterocycles. The van der Waals surface area contributed by atoms with Crippen molar-refractivity contribution in [3.05, 3.63) is 35.8 Å². The van der Waals surface area contributed by atoms with Gasteiger partial charge in [-0.25, -0.2) is 17.1 Å². The first-order chi connectivity index (χ1) is 13.5. The summed E-state index contributed by atoms with van der Waals surface area (Å²) in [5.74, 6) is 2.05. The van der Waals surface area contributed by atoms with E-state index in [1.165, 1.54) is 12.1 Å². The Labute approximate surface area is 169 Å². The summed E-state index contributed by atoms with van der Waals surface area (Å²) in [7, 11) is -1.59. The summed E-state index contributed by atoms with van der Waals surface area (Å²) in [6.07, 6.45) is 2.57. The molecule has 1 fully saturated rings. The molecule has 0 radical (unpaired) electrons. The van der Waals surface area contributed by atoms with Gasteiger partial charge in [0.15, 0.2) is 5.96 Å². The third kappa shape index (κ3) is 5.39. The van der Waals surface area contributed by atoms with E-state index in [9.17, 15) is 12.8 Å². The summed E-state index contributed by atoms with van der Waals surface area (Å²) in [5.41, 5.74) is 1.92. The number of fused-ring (bicyclic) bond motifs is 1. The zero-order valence-electron chi connectivity index (χ0n) is 15.9. The van der Waals surface area contributed by atoms with Crippen LogP contribution in [-0.2, 0) is 16.4 Å². The molecule has 0 amide bonds. The monoisotopic (exact) mass is 427 g/mol. The van der Waals surface area contributed by atoms with Gasteiger partial charge in [-0.15, -0.1) is 0 Å².